The van der Waals surface area contributed by atoms with Gasteiger partial charge in [0.25, 0.3) is 0 Å². The number of hydrogen-bond acceptors (Lipinski definition) is 4. The second kappa shape index (κ2) is 4.33. The van der Waals surface area contributed by atoms with E-state index >= 15 is 0 Å². The molecule has 0 spiro atoms. The van der Waals surface area contributed by atoms with Gasteiger partial charge >= 0.3 is 0 Å². The molecule has 2 atom stereocenters. The van der Waals surface area contributed by atoms with Gasteiger partial charge in [-0.3, -0.25) is 4.68 Å². The van der Waals surface area contributed by atoms with Crippen molar-refractivity contribution in [2.75, 3.05) is 18.1 Å². The Balaban J connectivity index is 2.07. The quantitative estimate of drug-likeness (QED) is 0.782. The highest BCUT2D eigenvalue weighted by molar-refractivity contribution is 7.99. The number of aromatic nitrogens is 2. The molecule has 0 amide bonds. The van der Waals surface area contributed by atoms with Crippen molar-refractivity contribution in [1.29, 1.82) is 0 Å². The molecule has 1 aromatic rings. The van der Waals surface area contributed by atoms with Crippen LogP contribution in [-0.4, -0.2) is 39.1 Å². The lowest BCUT2D eigenvalue weighted by Crippen LogP contribution is -2.30. The SMILES string of the molecule is Cn1nccc1C(O)C1CSCCO1. The van der Waals surface area contributed by atoms with Gasteiger partial charge in [0.1, 0.15) is 6.10 Å². The van der Waals surface area contributed by atoms with Gasteiger partial charge in [-0.2, -0.15) is 16.9 Å². The molecule has 4 nitrogen and oxygen atoms in total. The fourth-order valence-electron chi connectivity index (χ4n) is 1.55. The van der Waals surface area contributed by atoms with E-state index in [4.69, 9.17) is 4.74 Å². The first-order valence-corrected chi connectivity index (χ1v) is 5.80. The van der Waals surface area contributed by atoms with Crippen LogP contribution < -0.4 is 0 Å². The van der Waals surface area contributed by atoms with Gasteiger partial charge in [0, 0.05) is 24.8 Å². The largest absolute Gasteiger partial charge is 0.384 e. The Bertz CT molecular complexity index is 297. The normalized spacial score (nSPS) is 24.9. The zero-order chi connectivity index (χ0) is 9.97. The fourth-order valence-corrected chi connectivity index (χ4v) is 2.44. The number of ether oxygens (including phenoxy) is 1. The Morgan fingerprint density at radius 1 is 1.79 bits per heavy atom. The molecule has 1 N–H and O–H groups in total. The molecule has 78 valence electrons. The van der Waals surface area contributed by atoms with E-state index in [-0.39, 0.29) is 6.10 Å². The first-order valence-electron chi connectivity index (χ1n) is 4.64. The Morgan fingerprint density at radius 3 is 3.21 bits per heavy atom. The summed E-state index contributed by atoms with van der Waals surface area (Å²) in [5, 5.41) is 14.0. The highest BCUT2D eigenvalue weighted by Crippen LogP contribution is 2.24. The van der Waals surface area contributed by atoms with Crippen molar-refractivity contribution in [2.45, 2.75) is 12.2 Å². The molecule has 5 heteroatoms. The lowest BCUT2D eigenvalue weighted by Gasteiger charge is -2.26. The minimum Gasteiger partial charge on any atom is -0.384 e. The van der Waals surface area contributed by atoms with E-state index in [1.165, 1.54) is 0 Å². The zero-order valence-corrected chi connectivity index (χ0v) is 8.91. The summed E-state index contributed by atoms with van der Waals surface area (Å²) in [5.74, 6) is 1.88. The van der Waals surface area contributed by atoms with Crippen molar-refractivity contribution in [2.24, 2.45) is 7.05 Å². The standard InChI is InChI=1S/C9H14N2O2S/c1-11-7(2-3-10-11)9(12)8-6-14-5-4-13-8/h2-3,8-9,12H,4-6H2,1H3. The Labute approximate surface area is 87.3 Å². The van der Waals surface area contributed by atoms with Crippen molar-refractivity contribution < 1.29 is 9.84 Å². The summed E-state index contributed by atoms with van der Waals surface area (Å²) in [6, 6.07) is 1.83. The van der Waals surface area contributed by atoms with Crippen LogP contribution in [0.5, 0.6) is 0 Å². The third kappa shape index (κ3) is 1.94. The van der Waals surface area contributed by atoms with Crippen molar-refractivity contribution in [3.63, 3.8) is 0 Å². The monoisotopic (exact) mass is 214 g/mol. The number of thioether (sulfide) groups is 1. The second-order valence-corrected chi connectivity index (χ2v) is 4.46. The molecule has 2 rings (SSSR count). The maximum atomic E-state index is 10.0. The molecule has 0 radical (unpaired) electrons. The first-order chi connectivity index (χ1) is 6.79. The van der Waals surface area contributed by atoms with Crippen LogP contribution in [0, 0.1) is 0 Å². The smallest absolute Gasteiger partial charge is 0.122 e. The average Bonchev–Trinajstić information content (AvgIpc) is 2.65. The lowest BCUT2D eigenvalue weighted by molar-refractivity contribution is -0.0261. The van der Waals surface area contributed by atoms with Crippen molar-refractivity contribution in [1.82, 2.24) is 9.78 Å². The zero-order valence-electron chi connectivity index (χ0n) is 8.09. The number of hydrogen-bond donors (Lipinski definition) is 1. The van der Waals surface area contributed by atoms with Gasteiger partial charge in [-0.1, -0.05) is 0 Å². The third-order valence-corrected chi connectivity index (χ3v) is 3.38. The van der Waals surface area contributed by atoms with E-state index in [1.807, 2.05) is 24.9 Å². The Kier molecular flexibility index (Phi) is 3.10. The summed E-state index contributed by atoms with van der Waals surface area (Å²) in [6.07, 6.45) is 1.04. The predicted molar refractivity (Wildman–Crippen MR) is 55.2 cm³/mol. The van der Waals surface area contributed by atoms with E-state index in [1.54, 1.807) is 10.9 Å². The molecule has 1 aliphatic heterocycles. The molecule has 1 aromatic heterocycles. The molecule has 14 heavy (non-hydrogen) atoms. The summed E-state index contributed by atoms with van der Waals surface area (Å²) in [4.78, 5) is 0. The summed E-state index contributed by atoms with van der Waals surface area (Å²) < 4.78 is 7.19. The van der Waals surface area contributed by atoms with Gasteiger partial charge in [0.05, 0.1) is 18.4 Å². The lowest BCUT2D eigenvalue weighted by atomic mass is 10.1. The van der Waals surface area contributed by atoms with Crippen molar-refractivity contribution in [3.05, 3.63) is 18.0 Å². The van der Waals surface area contributed by atoms with E-state index in [0.29, 0.717) is 0 Å². The second-order valence-electron chi connectivity index (χ2n) is 3.31. The summed E-state index contributed by atoms with van der Waals surface area (Å²) in [6.45, 7) is 0.726. The average molecular weight is 214 g/mol. The number of aliphatic hydroxyl groups is 1. The summed E-state index contributed by atoms with van der Waals surface area (Å²) in [7, 11) is 1.83. The van der Waals surface area contributed by atoms with Gasteiger partial charge in [0.15, 0.2) is 0 Å². The van der Waals surface area contributed by atoms with Crippen LogP contribution in [0.2, 0.25) is 0 Å². The van der Waals surface area contributed by atoms with Crippen LogP contribution in [0.3, 0.4) is 0 Å². The molecule has 0 aliphatic carbocycles. The maximum absolute atomic E-state index is 10.0. The Morgan fingerprint density at radius 2 is 2.64 bits per heavy atom. The predicted octanol–water partition coefficient (Wildman–Crippen LogP) is 0.585. The molecule has 2 heterocycles. The molecule has 1 aliphatic rings. The van der Waals surface area contributed by atoms with Crippen LogP contribution >= 0.6 is 11.8 Å². The summed E-state index contributed by atoms with van der Waals surface area (Å²) in [5.41, 5.74) is 0.817. The van der Waals surface area contributed by atoms with Crippen molar-refractivity contribution in [3.8, 4) is 0 Å². The molecular formula is C9H14N2O2S. The van der Waals surface area contributed by atoms with Gasteiger partial charge in [-0.25, -0.2) is 0 Å². The molecular weight excluding hydrogens is 200 g/mol. The number of aliphatic hydroxyl groups excluding tert-OH is 1. The number of aryl methyl sites for hydroxylation is 1. The number of nitrogens with zero attached hydrogens (tertiary/aromatic N) is 2. The molecule has 1 fully saturated rings. The van der Waals surface area contributed by atoms with Gasteiger partial charge < -0.3 is 9.84 Å². The van der Waals surface area contributed by atoms with Crippen LogP contribution in [0.15, 0.2) is 12.3 Å². The van der Waals surface area contributed by atoms with Gasteiger partial charge in [-0.15, -0.1) is 0 Å². The maximum Gasteiger partial charge on any atom is 0.122 e. The van der Waals surface area contributed by atoms with Crippen LogP contribution in [0.1, 0.15) is 11.8 Å². The molecule has 0 bridgehead atoms. The molecule has 1 saturated heterocycles. The van der Waals surface area contributed by atoms with Crippen LogP contribution in [-0.2, 0) is 11.8 Å². The molecule has 0 saturated carbocycles. The topological polar surface area (TPSA) is 47.3 Å². The van der Waals surface area contributed by atoms with Crippen LogP contribution in [0.25, 0.3) is 0 Å². The van der Waals surface area contributed by atoms with E-state index in [9.17, 15) is 5.11 Å². The Hall–Kier alpha value is -0.520. The van der Waals surface area contributed by atoms with Crippen molar-refractivity contribution >= 4 is 11.8 Å². The van der Waals surface area contributed by atoms with E-state index in [0.717, 1.165) is 23.8 Å². The minimum absolute atomic E-state index is 0.0934. The van der Waals surface area contributed by atoms with Crippen LogP contribution in [0.4, 0.5) is 0 Å². The van der Waals surface area contributed by atoms with E-state index in [2.05, 4.69) is 5.10 Å². The number of rotatable bonds is 2. The highest BCUT2D eigenvalue weighted by Gasteiger charge is 2.26. The molecule has 0 aromatic carbocycles. The molecule has 2 unspecified atom stereocenters. The first kappa shape index (κ1) is 10.0. The van der Waals surface area contributed by atoms with Gasteiger partial charge in [0.2, 0.25) is 0 Å². The fraction of sp³-hybridized carbons (Fsp3) is 0.667. The van der Waals surface area contributed by atoms with E-state index < -0.39 is 6.10 Å². The highest BCUT2D eigenvalue weighted by atomic mass is 32.2. The minimum atomic E-state index is -0.560. The summed E-state index contributed by atoms with van der Waals surface area (Å²) >= 11 is 1.82. The third-order valence-electron chi connectivity index (χ3n) is 2.36. The van der Waals surface area contributed by atoms with Gasteiger partial charge in [-0.05, 0) is 6.07 Å².